The van der Waals surface area contributed by atoms with Gasteiger partial charge in [0.2, 0.25) is 11.9 Å². The lowest BCUT2D eigenvalue weighted by atomic mass is 10.1. The zero-order valence-corrected chi connectivity index (χ0v) is 12.6. The maximum absolute atomic E-state index is 5.82. The van der Waals surface area contributed by atoms with Crippen LogP contribution in [-0.4, -0.2) is 15.0 Å². The molecule has 0 saturated carbocycles. The van der Waals surface area contributed by atoms with Gasteiger partial charge in [0.15, 0.2) is 5.82 Å². The van der Waals surface area contributed by atoms with Crippen LogP contribution in [0.15, 0.2) is 54.6 Å². The summed E-state index contributed by atoms with van der Waals surface area (Å²) in [6.45, 7) is 1.02. The van der Waals surface area contributed by atoms with Crippen molar-refractivity contribution in [3.8, 4) is 11.4 Å². The molecular formula is C17H18N6. The highest BCUT2D eigenvalue weighted by atomic mass is 15.2. The first kappa shape index (κ1) is 14.9. The predicted octanol–water partition coefficient (Wildman–Crippen LogP) is 2.19. The molecule has 1 aromatic heterocycles. The Morgan fingerprint density at radius 2 is 1.61 bits per heavy atom. The van der Waals surface area contributed by atoms with Crippen molar-refractivity contribution >= 4 is 11.9 Å². The van der Waals surface area contributed by atoms with E-state index in [0.717, 1.165) is 16.7 Å². The minimum Gasteiger partial charge on any atom is -0.368 e. The first-order valence-corrected chi connectivity index (χ1v) is 7.34. The molecule has 0 radical (unpaired) electrons. The number of nitrogens with two attached hydrogens (primary N) is 2. The molecule has 0 spiro atoms. The summed E-state index contributed by atoms with van der Waals surface area (Å²) in [5, 5.41) is 3.18. The molecule has 0 aliphatic carbocycles. The van der Waals surface area contributed by atoms with Crippen LogP contribution in [0.4, 0.5) is 11.9 Å². The van der Waals surface area contributed by atoms with Gasteiger partial charge in [0.1, 0.15) is 0 Å². The molecule has 0 aliphatic heterocycles. The summed E-state index contributed by atoms with van der Waals surface area (Å²) < 4.78 is 0. The molecule has 2 aromatic carbocycles. The highest BCUT2D eigenvalue weighted by molar-refractivity contribution is 5.62. The van der Waals surface area contributed by atoms with E-state index < -0.39 is 0 Å². The fourth-order valence-electron chi connectivity index (χ4n) is 2.29. The number of rotatable bonds is 5. The molecule has 0 unspecified atom stereocenters. The van der Waals surface area contributed by atoms with Gasteiger partial charge in [-0.1, -0.05) is 54.6 Å². The van der Waals surface area contributed by atoms with Crippen molar-refractivity contribution in [1.29, 1.82) is 0 Å². The van der Waals surface area contributed by atoms with E-state index in [4.69, 9.17) is 11.5 Å². The van der Waals surface area contributed by atoms with Crippen LogP contribution >= 0.6 is 0 Å². The Bertz CT molecular complexity index is 788. The van der Waals surface area contributed by atoms with Crippen LogP contribution in [0.1, 0.15) is 11.1 Å². The summed E-state index contributed by atoms with van der Waals surface area (Å²) >= 11 is 0. The lowest BCUT2D eigenvalue weighted by Crippen LogP contribution is -2.09. The van der Waals surface area contributed by atoms with E-state index in [-0.39, 0.29) is 5.95 Å². The van der Waals surface area contributed by atoms with Crippen LogP contribution in [0, 0.1) is 0 Å². The molecule has 0 bridgehead atoms. The van der Waals surface area contributed by atoms with Gasteiger partial charge in [0.25, 0.3) is 0 Å². The van der Waals surface area contributed by atoms with Gasteiger partial charge in [-0.2, -0.15) is 15.0 Å². The van der Waals surface area contributed by atoms with Crippen molar-refractivity contribution in [2.24, 2.45) is 5.73 Å². The standard InChI is InChI=1S/C17H18N6/c18-10-13-8-4-5-9-14(13)15-21-16(19)23-17(22-15)20-11-12-6-2-1-3-7-12/h1-9H,10-11,18H2,(H3,19,20,21,22,23). The third kappa shape index (κ3) is 3.61. The SMILES string of the molecule is NCc1ccccc1-c1nc(N)nc(NCc2ccccc2)n1. The normalized spacial score (nSPS) is 10.5. The third-order valence-electron chi connectivity index (χ3n) is 3.42. The fourth-order valence-corrected chi connectivity index (χ4v) is 2.29. The van der Waals surface area contributed by atoms with Crippen molar-refractivity contribution in [2.45, 2.75) is 13.1 Å². The van der Waals surface area contributed by atoms with E-state index >= 15 is 0 Å². The summed E-state index contributed by atoms with van der Waals surface area (Å²) in [5.74, 6) is 1.15. The molecule has 1 heterocycles. The van der Waals surface area contributed by atoms with Crippen molar-refractivity contribution in [3.05, 3.63) is 65.7 Å². The van der Waals surface area contributed by atoms with E-state index in [0.29, 0.717) is 24.9 Å². The van der Waals surface area contributed by atoms with E-state index in [9.17, 15) is 0 Å². The predicted molar refractivity (Wildman–Crippen MR) is 91.3 cm³/mol. The van der Waals surface area contributed by atoms with Crippen molar-refractivity contribution < 1.29 is 0 Å². The number of nitrogens with one attached hydrogen (secondary N) is 1. The maximum Gasteiger partial charge on any atom is 0.228 e. The molecule has 5 N–H and O–H groups in total. The van der Waals surface area contributed by atoms with Gasteiger partial charge < -0.3 is 16.8 Å². The fraction of sp³-hybridized carbons (Fsp3) is 0.118. The quantitative estimate of drug-likeness (QED) is 0.667. The summed E-state index contributed by atoms with van der Waals surface area (Å²) in [7, 11) is 0. The number of hydrogen-bond acceptors (Lipinski definition) is 6. The number of aromatic nitrogens is 3. The first-order chi connectivity index (χ1) is 11.3. The lowest BCUT2D eigenvalue weighted by molar-refractivity contribution is 1.01. The molecule has 3 rings (SSSR count). The monoisotopic (exact) mass is 306 g/mol. The average molecular weight is 306 g/mol. The smallest absolute Gasteiger partial charge is 0.228 e. The molecule has 6 heteroatoms. The van der Waals surface area contributed by atoms with Crippen LogP contribution in [0.25, 0.3) is 11.4 Å². The second kappa shape index (κ2) is 6.85. The number of nitrogens with zero attached hydrogens (tertiary/aromatic N) is 3. The van der Waals surface area contributed by atoms with E-state index in [2.05, 4.69) is 20.3 Å². The number of nitrogen functional groups attached to an aromatic ring is 1. The van der Waals surface area contributed by atoms with E-state index in [1.807, 2.05) is 54.6 Å². The summed E-state index contributed by atoms with van der Waals surface area (Å²) in [4.78, 5) is 12.8. The Labute approximate surface area is 134 Å². The number of anilines is 2. The van der Waals surface area contributed by atoms with Gasteiger partial charge in [-0.3, -0.25) is 0 Å². The van der Waals surface area contributed by atoms with E-state index in [1.54, 1.807) is 0 Å². The second-order valence-corrected chi connectivity index (χ2v) is 5.04. The van der Waals surface area contributed by atoms with Crippen LogP contribution in [0.5, 0.6) is 0 Å². The van der Waals surface area contributed by atoms with Gasteiger partial charge in [-0.15, -0.1) is 0 Å². The highest BCUT2D eigenvalue weighted by Crippen LogP contribution is 2.21. The van der Waals surface area contributed by atoms with Crippen LogP contribution in [0.3, 0.4) is 0 Å². The Balaban J connectivity index is 1.87. The molecule has 0 saturated heterocycles. The van der Waals surface area contributed by atoms with Crippen LogP contribution < -0.4 is 16.8 Å². The zero-order valence-electron chi connectivity index (χ0n) is 12.6. The highest BCUT2D eigenvalue weighted by Gasteiger charge is 2.10. The van der Waals surface area contributed by atoms with Gasteiger partial charge in [0.05, 0.1) is 0 Å². The summed E-state index contributed by atoms with van der Waals surface area (Å²) in [5.41, 5.74) is 14.6. The van der Waals surface area contributed by atoms with Crippen molar-refractivity contribution in [2.75, 3.05) is 11.1 Å². The molecule has 0 fully saturated rings. The lowest BCUT2D eigenvalue weighted by Gasteiger charge is -2.09. The largest absolute Gasteiger partial charge is 0.368 e. The number of hydrogen-bond donors (Lipinski definition) is 3. The Hall–Kier alpha value is -2.99. The van der Waals surface area contributed by atoms with Gasteiger partial charge in [-0.25, -0.2) is 0 Å². The molecule has 6 nitrogen and oxygen atoms in total. The minimum absolute atomic E-state index is 0.178. The summed E-state index contributed by atoms with van der Waals surface area (Å²) in [6.07, 6.45) is 0. The maximum atomic E-state index is 5.82. The van der Waals surface area contributed by atoms with Gasteiger partial charge in [0, 0.05) is 18.7 Å². The van der Waals surface area contributed by atoms with Crippen molar-refractivity contribution in [3.63, 3.8) is 0 Å². The van der Waals surface area contributed by atoms with Crippen LogP contribution in [0.2, 0.25) is 0 Å². The second-order valence-electron chi connectivity index (χ2n) is 5.04. The molecule has 116 valence electrons. The Morgan fingerprint density at radius 1 is 0.870 bits per heavy atom. The molecular weight excluding hydrogens is 288 g/mol. The van der Waals surface area contributed by atoms with Gasteiger partial charge >= 0.3 is 0 Å². The Kier molecular flexibility index (Phi) is 4.44. The summed E-state index contributed by atoms with van der Waals surface area (Å²) in [6, 6.07) is 17.8. The molecule has 3 aromatic rings. The topological polar surface area (TPSA) is 103 Å². The minimum atomic E-state index is 0.178. The van der Waals surface area contributed by atoms with Crippen LogP contribution in [-0.2, 0) is 13.1 Å². The van der Waals surface area contributed by atoms with Crippen molar-refractivity contribution in [1.82, 2.24) is 15.0 Å². The average Bonchev–Trinajstić information content (AvgIpc) is 2.60. The Morgan fingerprint density at radius 3 is 2.39 bits per heavy atom. The van der Waals surface area contributed by atoms with E-state index in [1.165, 1.54) is 0 Å². The zero-order chi connectivity index (χ0) is 16.1. The first-order valence-electron chi connectivity index (χ1n) is 7.34. The number of benzene rings is 2. The molecule has 0 aliphatic rings. The molecule has 0 atom stereocenters. The van der Waals surface area contributed by atoms with Gasteiger partial charge in [-0.05, 0) is 11.1 Å². The molecule has 0 amide bonds. The third-order valence-corrected chi connectivity index (χ3v) is 3.42. The molecule has 23 heavy (non-hydrogen) atoms.